The molecule has 0 bridgehead atoms. The van der Waals surface area contributed by atoms with Gasteiger partial charge in [0.05, 0.1) is 0 Å². The molecular weight excluding hydrogens is 285 g/mol. The predicted molar refractivity (Wildman–Crippen MR) is 72.3 cm³/mol. The lowest BCUT2D eigenvalue weighted by Gasteiger charge is -2.27. The van der Waals surface area contributed by atoms with Gasteiger partial charge in [0, 0.05) is 12.5 Å². The summed E-state index contributed by atoms with van der Waals surface area (Å²) < 4.78 is 39.9. The molecule has 1 rings (SSSR count). The van der Waals surface area contributed by atoms with Crippen LogP contribution in [-0.2, 0) is 4.79 Å². The molecule has 1 unspecified atom stereocenters. The minimum atomic E-state index is -4.72. The first-order chi connectivity index (χ1) is 9.48. The second kappa shape index (κ2) is 6.34. The van der Waals surface area contributed by atoms with Crippen LogP contribution in [0.25, 0.3) is 0 Å². The fourth-order valence-electron chi connectivity index (χ4n) is 2.17. The van der Waals surface area contributed by atoms with Gasteiger partial charge in [0.1, 0.15) is 5.75 Å². The van der Waals surface area contributed by atoms with Crippen molar-refractivity contribution in [2.75, 3.05) is 0 Å². The van der Waals surface area contributed by atoms with Crippen molar-refractivity contribution in [3.63, 3.8) is 0 Å². The van der Waals surface area contributed by atoms with E-state index in [9.17, 15) is 18.0 Å². The van der Waals surface area contributed by atoms with Crippen LogP contribution in [0.1, 0.15) is 38.3 Å². The molecule has 0 aliphatic heterocycles. The Bertz CT molecular complexity index is 484. The van der Waals surface area contributed by atoms with Gasteiger partial charge in [-0.1, -0.05) is 26.0 Å². The molecule has 1 aromatic rings. The number of ether oxygens (including phenoxy) is 1. The van der Waals surface area contributed by atoms with Crippen LogP contribution in [0.3, 0.4) is 0 Å². The van der Waals surface area contributed by atoms with Crippen LogP contribution in [0.4, 0.5) is 13.2 Å². The highest BCUT2D eigenvalue weighted by Gasteiger charge is 2.31. The summed E-state index contributed by atoms with van der Waals surface area (Å²) in [7, 11) is 0. The van der Waals surface area contributed by atoms with Crippen molar-refractivity contribution >= 4 is 5.91 Å². The van der Waals surface area contributed by atoms with Gasteiger partial charge >= 0.3 is 6.36 Å². The lowest BCUT2D eigenvalue weighted by molar-refractivity contribution is -0.274. The monoisotopic (exact) mass is 304 g/mol. The van der Waals surface area contributed by atoms with Crippen LogP contribution in [0.15, 0.2) is 24.3 Å². The molecule has 1 amide bonds. The van der Waals surface area contributed by atoms with Crippen LogP contribution in [-0.4, -0.2) is 12.3 Å². The lowest BCUT2D eigenvalue weighted by Crippen LogP contribution is -2.27. The zero-order valence-corrected chi connectivity index (χ0v) is 11.9. The second-order valence-corrected chi connectivity index (χ2v) is 5.73. The average Bonchev–Trinajstić information content (AvgIpc) is 2.24. The van der Waals surface area contributed by atoms with Crippen LogP contribution >= 0.6 is 0 Å². The molecule has 0 radical (unpaired) electrons. The summed E-state index contributed by atoms with van der Waals surface area (Å²) >= 11 is 0. The molecule has 4 nitrogen and oxygen atoms in total. The molecule has 0 fully saturated rings. The molecule has 0 heterocycles. The highest BCUT2D eigenvalue weighted by molar-refractivity contribution is 5.74. The van der Waals surface area contributed by atoms with Crippen molar-refractivity contribution in [1.29, 1.82) is 0 Å². The van der Waals surface area contributed by atoms with E-state index in [2.05, 4.69) is 4.74 Å². The van der Waals surface area contributed by atoms with Crippen molar-refractivity contribution in [2.24, 2.45) is 16.9 Å². The molecule has 4 N–H and O–H groups in total. The Balaban J connectivity index is 2.71. The Morgan fingerprint density at radius 1 is 1.24 bits per heavy atom. The molecule has 0 aliphatic carbocycles. The fraction of sp³-hybridized carbons (Fsp3) is 0.500. The van der Waals surface area contributed by atoms with Gasteiger partial charge in [-0.2, -0.15) is 0 Å². The third-order valence-corrected chi connectivity index (χ3v) is 2.97. The van der Waals surface area contributed by atoms with Crippen molar-refractivity contribution < 1.29 is 22.7 Å². The first-order valence-electron chi connectivity index (χ1n) is 6.38. The lowest BCUT2D eigenvalue weighted by atomic mass is 9.81. The molecule has 0 saturated carbocycles. The number of carbonyl (C=O) groups excluding carboxylic acids is 1. The van der Waals surface area contributed by atoms with E-state index >= 15 is 0 Å². The van der Waals surface area contributed by atoms with Gasteiger partial charge in [0.2, 0.25) is 5.91 Å². The van der Waals surface area contributed by atoms with Gasteiger partial charge in [-0.15, -0.1) is 13.2 Å². The summed E-state index contributed by atoms with van der Waals surface area (Å²) in [6, 6.07) is 4.98. The van der Waals surface area contributed by atoms with E-state index in [1.54, 1.807) is 0 Å². The number of rotatable bonds is 6. The third-order valence-electron chi connectivity index (χ3n) is 2.97. The zero-order valence-electron chi connectivity index (χ0n) is 11.9. The summed E-state index contributed by atoms with van der Waals surface area (Å²) in [6.07, 6.45) is -4.04. The van der Waals surface area contributed by atoms with Gasteiger partial charge in [0.25, 0.3) is 0 Å². The number of halogens is 3. The molecule has 0 saturated heterocycles. The maximum Gasteiger partial charge on any atom is 0.573 e. The Morgan fingerprint density at radius 2 is 1.76 bits per heavy atom. The van der Waals surface area contributed by atoms with Gasteiger partial charge < -0.3 is 16.2 Å². The minimum absolute atomic E-state index is 0.190. The number of hydrogen-bond donors (Lipinski definition) is 2. The molecule has 0 aromatic heterocycles. The third kappa shape index (κ3) is 6.48. The van der Waals surface area contributed by atoms with Gasteiger partial charge in [-0.25, -0.2) is 0 Å². The van der Waals surface area contributed by atoms with Gasteiger partial charge in [-0.3, -0.25) is 4.79 Å². The van der Waals surface area contributed by atoms with Crippen molar-refractivity contribution in [3.05, 3.63) is 29.8 Å². The Kier molecular flexibility index (Phi) is 5.22. The highest BCUT2D eigenvalue weighted by atomic mass is 19.4. The number of amides is 1. The Morgan fingerprint density at radius 3 is 2.19 bits per heavy atom. The number of hydrogen-bond acceptors (Lipinski definition) is 3. The fourth-order valence-corrected chi connectivity index (χ4v) is 2.17. The summed E-state index contributed by atoms with van der Waals surface area (Å²) in [5, 5.41) is 0. The molecule has 118 valence electrons. The first kappa shape index (κ1) is 17.3. The smallest absolute Gasteiger partial charge is 0.406 e. The Labute approximate surface area is 121 Å². The quantitative estimate of drug-likeness (QED) is 0.848. The first-order valence-corrected chi connectivity index (χ1v) is 6.38. The van der Waals surface area contributed by atoms with Crippen molar-refractivity contribution in [1.82, 2.24) is 0 Å². The van der Waals surface area contributed by atoms with E-state index in [-0.39, 0.29) is 17.6 Å². The largest absolute Gasteiger partial charge is 0.573 e. The Hall–Kier alpha value is -1.76. The van der Waals surface area contributed by atoms with Crippen LogP contribution in [0.5, 0.6) is 5.75 Å². The van der Waals surface area contributed by atoms with E-state index in [0.717, 1.165) is 0 Å². The van der Waals surface area contributed by atoms with E-state index < -0.39 is 18.3 Å². The minimum Gasteiger partial charge on any atom is -0.406 e. The molecular formula is C14H19F3N2O2. The van der Waals surface area contributed by atoms with E-state index in [1.807, 2.05) is 13.8 Å². The number of nitrogens with two attached hydrogens (primary N) is 2. The van der Waals surface area contributed by atoms with Gasteiger partial charge in [0.15, 0.2) is 0 Å². The molecule has 0 aliphatic rings. The summed E-state index contributed by atoms with van der Waals surface area (Å²) in [5.41, 5.74) is 11.5. The highest BCUT2D eigenvalue weighted by Crippen LogP contribution is 2.32. The molecule has 21 heavy (non-hydrogen) atoms. The summed E-state index contributed by atoms with van der Waals surface area (Å²) in [6.45, 7) is 3.72. The summed E-state index contributed by atoms with van der Waals surface area (Å²) in [5.74, 6) is -0.712. The summed E-state index contributed by atoms with van der Waals surface area (Å²) in [4.78, 5) is 11.0. The standard InChI is InChI=1S/C14H19F3N2O2/c1-13(2,8-12(19)20)7-11(18)9-3-5-10(6-4-9)21-14(15,16)17/h3-6,11H,7-8,18H2,1-2H3,(H2,19,20). The SMILES string of the molecule is CC(C)(CC(N)=O)CC(N)c1ccc(OC(F)(F)F)cc1. The number of carbonyl (C=O) groups is 1. The molecule has 0 spiro atoms. The molecule has 7 heteroatoms. The second-order valence-electron chi connectivity index (χ2n) is 5.73. The van der Waals surface area contributed by atoms with E-state index in [0.29, 0.717) is 12.0 Å². The van der Waals surface area contributed by atoms with Gasteiger partial charge in [-0.05, 0) is 29.5 Å². The van der Waals surface area contributed by atoms with E-state index in [1.165, 1.54) is 24.3 Å². The normalized spacial score (nSPS) is 13.8. The topological polar surface area (TPSA) is 78.3 Å². The number of alkyl halides is 3. The average molecular weight is 304 g/mol. The predicted octanol–water partition coefficient (Wildman–Crippen LogP) is 2.88. The zero-order chi connectivity index (χ0) is 16.3. The van der Waals surface area contributed by atoms with E-state index in [4.69, 9.17) is 11.5 Å². The van der Waals surface area contributed by atoms with Crippen molar-refractivity contribution in [3.8, 4) is 5.75 Å². The maximum atomic E-state index is 12.1. The molecule has 1 aromatic carbocycles. The van der Waals surface area contributed by atoms with Crippen molar-refractivity contribution in [2.45, 2.75) is 39.1 Å². The van der Waals surface area contributed by atoms with Crippen LogP contribution in [0, 0.1) is 5.41 Å². The molecule has 1 atom stereocenters. The number of benzene rings is 1. The number of primary amides is 1. The maximum absolute atomic E-state index is 12.1. The van der Waals surface area contributed by atoms with Crippen LogP contribution < -0.4 is 16.2 Å². The van der Waals surface area contributed by atoms with Crippen LogP contribution in [0.2, 0.25) is 0 Å².